The summed E-state index contributed by atoms with van der Waals surface area (Å²) in [5.74, 6) is 0. The van der Waals surface area contributed by atoms with Crippen molar-refractivity contribution in [3.63, 3.8) is 0 Å². The van der Waals surface area contributed by atoms with Gasteiger partial charge in [0.15, 0.2) is 0 Å². The molecule has 0 unspecified atom stereocenters. The zero-order valence-electron chi connectivity index (χ0n) is 9.27. The van der Waals surface area contributed by atoms with Gasteiger partial charge in [0.25, 0.3) is 0 Å². The van der Waals surface area contributed by atoms with E-state index in [0.29, 0.717) is 5.69 Å². The monoisotopic (exact) mass is 306 g/mol. The zero-order chi connectivity index (χ0) is 12.2. The number of nitrogens with one attached hydrogen (secondary N) is 1. The van der Waals surface area contributed by atoms with Crippen LogP contribution in [0.5, 0.6) is 0 Å². The number of alkyl halides is 1. The molecule has 1 rings (SSSR count). The second kappa shape index (κ2) is 5.65. The first-order valence-electron chi connectivity index (χ1n) is 4.73. The van der Waals surface area contributed by atoms with Crippen LogP contribution in [-0.4, -0.2) is 32.1 Å². The molecule has 0 aliphatic rings. The maximum absolute atomic E-state index is 11.3. The van der Waals surface area contributed by atoms with Gasteiger partial charge in [-0.25, -0.2) is 8.42 Å². The first-order chi connectivity index (χ1) is 7.43. The quantitative estimate of drug-likeness (QED) is 0.845. The number of benzene rings is 1. The minimum atomic E-state index is -3.25. The first kappa shape index (κ1) is 13.5. The summed E-state index contributed by atoms with van der Waals surface area (Å²) in [6.45, 7) is 0.839. The van der Waals surface area contributed by atoms with Crippen LogP contribution in [-0.2, 0) is 16.6 Å². The van der Waals surface area contributed by atoms with Crippen LogP contribution < -0.4 is 4.72 Å². The van der Waals surface area contributed by atoms with Crippen LogP contribution in [0, 0.1) is 0 Å². The third-order valence-corrected chi connectivity index (χ3v) is 4.51. The lowest BCUT2D eigenvalue weighted by molar-refractivity contribution is 0.402. The van der Waals surface area contributed by atoms with Crippen LogP contribution in [0.4, 0.5) is 5.69 Å². The molecule has 1 aromatic carbocycles. The molecule has 0 spiro atoms. The van der Waals surface area contributed by atoms with Gasteiger partial charge in [-0.15, -0.1) is 0 Å². The maximum Gasteiger partial charge on any atom is 0.242 e. The lowest BCUT2D eigenvalue weighted by Crippen LogP contribution is -2.13. The van der Waals surface area contributed by atoms with E-state index in [1.165, 1.54) is 0 Å². The molecule has 6 heteroatoms. The summed E-state index contributed by atoms with van der Waals surface area (Å²) in [5.41, 5.74) is 1.73. The molecule has 0 bridgehead atoms. The minimum Gasteiger partial charge on any atom is -0.305 e. The van der Waals surface area contributed by atoms with Gasteiger partial charge in [-0.05, 0) is 31.8 Å². The minimum absolute atomic E-state index is 0.0978. The molecule has 0 heterocycles. The molecule has 0 aliphatic carbocycles. The first-order valence-corrected chi connectivity index (χ1v) is 7.50. The lowest BCUT2D eigenvalue weighted by atomic mass is 10.2. The van der Waals surface area contributed by atoms with E-state index in [9.17, 15) is 8.42 Å². The summed E-state index contributed by atoms with van der Waals surface area (Å²) in [7, 11) is 0.723. The number of sulfonamides is 1. The molecule has 0 saturated carbocycles. The fraction of sp³-hybridized carbons (Fsp3) is 0.400. The van der Waals surface area contributed by atoms with Crippen molar-refractivity contribution in [2.24, 2.45) is 0 Å². The Bertz CT molecular complexity index is 429. The van der Waals surface area contributed by atoms with E-state index in [1.54, 1.807) is 12.1 Å². The Kier molecular flexibility index (Phi) is 4.76. The summed E-state index contributed by atoms with van der Waals surface area (Å²) in [5, 5.41) is 0. The predicted molar refractivity (Wildman–Crippen MR) is 70.2 cm³/mol. The van der Waals surface area contributed by atoms with E-state index in [4.69, 9.17) is 0 Å². The smallest absolute Gasteiger partial charge is 0.242 e. The highest BCUT2D eigenvalue weighted by atomic mass is 79.9. The number of anilines is 1. The molecule has 0 aliphatic heterocycles. The van der Waals surface area contributed by atoms with Crippen LogP contribution in [0.3, 0.4) is 0 Å². The Morgan fingerprint density at radius 1 is 1.25 bits per heavy atom. The third-order valence-electron chi connectivity index (χ3n) is 1.87. The fourth-order valence-electron chi connectivity index (χ4n) is 1.25. The van der Waals surface area contributed by atoms with E-state index in [0.717, 1.165) is 12.1 Å². The van der Waals surface area contributed by atoms with Gasteiger partial charge in [0.1, 0.15) is 4.66 Å². The summed E-state index contributed by atoms with van der Waals surface area (Å²) < 4.78 is 24.9. The molecule has 4 nitrogen and oxygen atoms in total. The molecule has 0 saturated heterocycles. The summed E-state index contributed by atoms with van der Waals surface area (Å²) in [6, 6.07) is 7.34. The standard InChI is InChI=1S/C10H15BrN2O2S/c1-13(2)7-9-3-5-10(6-4-9)12-16(14,15)8-11/h3-6,12H,7-8H2,1-2H3. The van der Waals surface area contributed by atoms with Gasteiger partial charge in [-0.2, -0.15) is 0 Å². The predicted octanol–water partition coefficient (Wildman–Crippen LogP) is 1.84. The number of hydrogen-bond donors (Lipinski definition) is 1. The fourth-order valence-corrected chi connectivity index (χ4v) is 2.14. The molecule has 0 fully saturated rings. The molecule has 1 aromatic rings. The van der Waals surface area contributed by atoms with Crippen molar-refractivity contribution >= 4 is 31.6 Å². The van der Waals surface area contributed by atoms with Crippen molar-refractivity contribution < 1.29 is 8.42 Å². The molecule has 1 N–H and O–H groups in total. The van der Waals surface area contributed by atoms with Crippen molar-refractivity contribution in [1.29, 1.82) is 0 Å². The Balaban J connectivity index is 2.72. The Morgan fingerprint density at radius 2 is 1.81 bits per heavy atom. The maximum atomic E-state index is 11.3. The topological polar surface area (TPSA) is 49.4 Å². The zero-order valence-corrected chi connectivity index (χ0v) is 11.7. The van der Waals surface area contributed by atoms with Gasteiger partial charge in [-0.1, -0.05) is 28.1 Å². The highest BCUT2D eigenvalue weighted by Gasteiger charge is 2.07. The van der Waals surface area contributed by atoms with Gasteiger partial charge < -0.3 is 4.90 Å². The van der Waals surface area contributed by atoms with Gasteiger partial charge in [0, 0.05) is 12.2 Å². The molecular formula is C10H15BrN2O2S. The number of halogens is 1. The second-order valence-electron chi connectivity index (χ2n) is 3.76. The molecule has 16 heavy (non-hydrogen) atoms. The van der Waals surface area contributed by atoms with Gasteiger partial charge in [0.05, 0.1) is 0 Å². The van der Waals surface area contributed by atoms with Crippen molar-refractivity contribution in [2.75, 3.05) is 23.5 Å². The SMILES string of the molecule is CN(C)Cc1ccc(NS(=O)(=O)CBr)cc1. The van der Waals surface area contributed by atoms with Crippen LogP contribution in [0.1, 0.15) is 5.56 Å². The van der Waals surface area contributed by atoms with E-state index in [-0.39, 0.29) is 4.66 Å². The van der Waals surface area contributed by atoms with Gasteiger partial charge in [0.2, 0.25) is 10.0 Å². The highest BCUT2D eigenvalue weighted by Crippen LogP contribution is 2.12. The van der Waals surface area contributed by atoms with Crippen molar-refractivity contribution in [1.82, 2.24) is 4.90 Å². The molecule has 0 aromatic heterocycles. The lowest BCUT2D eigenvalue weighted by Gasteiger charge is -2.10. The Hall–Kier alpha value is -0.590. The second-order valence-corrected chi connectivity index (χ2v) is 6.79. The Morgan fingerprint density at radius 3 is 2.25 bits per heavy atom. The van der Waals surface area contributed by atoms with E-state index < -0.39 is 10.0 Å². The van der Waals surface area contributed by atoms with E-state index >= 15 is 0 Å². The van der Waals surface area contributed by atoms with Gasteiger partial charge >= 0.3 is 0 Å². The van der Waals surface area contributed by atoms with Crippen LogP contribution >= 0.6 is 15.9 Å². The average Bonchev–Trinajstić information content (AvgIpc) is 2.20. The average molecular weight is 307 g/mol. The van der Waals surface area contributed by atoms with Crippen molar-refractivity contribution in [3.05, 3.63) is 29.8 Å². The van der Waals surface area contributed by atoms with Gasteiger partial charge in [-0.3, -0.25) is 4.72 Å². The largest absolute Gasteiger partial charge is 0.305 e. The van der Waals surface area contributed by atoms with Crippen molar-refractivity contribution in [3.8, 4) is 0 Å². The van der Waals surface area contributed by atoms with Crippen molar-refractivity contribution in [2.45, 2.75) is 6.54 Å². The molecule has 90 valence electrons. The Labute approximate surface area is 105 Å². The van der Waals surface area contributed by atoms with Crippen LogP contribution in [0.2, 0.25) is 0 Å². The molecule has 0 radical (unpaired) electrons. The third kappa shape index (κ3) is 4.51. The van der Waals surface area contributed by atoms with E-state index in [1.807, 2.05) is 26.2 Å². The normalized spacial score (nSPS) is 11.8. The summed E-state index contributed by atoms with van der Waals surface area (Å²) in [4.78, 5) is 2.05. The van der Waals surface area contributed by atoms with E-state index in [2.05, 4.69) is 25.6 Å². The summed E-state index contributed by atoms with van der Waals surface area (Å²) >= 11 is 2.92. The number of hydrogen-bond acceptors (Lipinski definition) is 3. The van der Waals surface area contributed by atoms with Crippen LogP contribution in [0.15, 0.2) is 24.3 Å². The molecular weight excluding hydrogens is 292 g/mol. The summed E-state index contributed by atoms with van der Waals surface area (Å²) in [6.07, 6.45) is 0. The van der Waals surface area contributed by atoms with Crippen LogP contribution in [0.25, 0.3) is 0 Å². The molecule has 0 amide bonds. The number of nitrogens with zero attached hydrogens (tertiary/aromatic N) is 1. The number of rotatable bonds is 5. The highest BCUT2D eigenvalue weighted by molar-refractivity contribution is 9.10. The molecule has 0 atom stereocenters.